The van der Waals surface area contributed by atoms with Gasteiger partial charge in [-0.05, 0) is 18.2 Å². The first-order valence-electron chi connectivity index (χ1n) is 4.44. The van der Waals surface area contributed by atoms with Crippen LogP contribution in [0.15, 0.2) is 30.3 Å². The third-order valence-electron chi connectivity index (χ3n) is 2.18. The van der Waals surface area contributed by atoms with Gasteiger partial charge in [-0.25, -0.2) is 4.98 Å². The van der Waals surface area contributed by atoms with Crippen LogP contribution in [-0.2, 0) is 6.18 Å². The van der Waals surface area contributed by atoms with Crippen molar-refractivity contribution in [1.29, 1.82) is 0 Å². The average molecular weight is 225 g/mol. The first kappa shape index (κ1) is 10.6. The number of carbonyl (C=O) groups excluding carboxylic acids is 1. The zero-order chi connectivity index (χ0) is 11.8. The number of carbonyl (C=O) groups is 1. The van der Waals surface area contributed by atoms with Gasteiger partial charge in [-0.15, -0.1) is 0 Å². The van der Waals surface area contributed by atoms with Gasteiger partial charge in [-0.2, -0.15) is 13.2 Å². The summed E-state index contributed by atoms with van der Waals surface area (Å²) in [5.74, 6) is 0. The second kappa shape index (κ2) is 3.59. The Morgan fingerprint density at radius 1 is 1.12 bits per heavy atom. The number of nitrogens with zero attached hydrogens (tertiary/aromatic N) is 1. The number of hydrogen-bond donors (Lipinski definition) is 0. The molecule has 0 amide bonds. The second-order valence-electron chi connectivity index (χ2n) is 3.23. The molecule has 1 aromatic carbocycles. The largest absolute Gasteiger partial charge is 0.433 e. The van der Waals surface area contributed by atoms with Crippen LogP contribution in [0.4, 0.5) is 13.2 Å². The molecule has 0 saturated carbocycles. The molecule has 2 nitrogen and oxygen atoms in total. The highest BCUT2D eigenvalue weighted by molar-refractivity contribution is 5.96. The molecule has 0 atom stereocenters. The van der Waals surface area contributed by atoms with Gasteiger partial charge in [-0.3, -0.25) is 4.79 Å². The molecule has 1 aromatic heterocycles. The standard InChI is InChI=1S/C11H6F3NO/c12-11(13,14)10-5-4-8-7(6-16)2-1-3-9(8)15-10/h1-6H. The van der Waals surface area contributed by atoms with Crippen molar-refractivity contribution in [3.05, 3.63) is 41.6 Å². The highest BCUT2D eigenvalue weighted by Gasteiger charge is 2.32. The molecule has 2 rings (SSSR count). The fourth-order valence-electron chi connectivity index (χ4n) is 1.44. The number of alkyl halides is 3. The van der Waals surface area contributed by atoms with Crippen LogP contribution < -0.4 is 0 Å². The number of aromatic nitrogens is 1. The lowest BCUT2D eigenvalue weighted by molar-refractivity contribution is -0.140. The molecule has 82 valence electrons. The van der Waals surface area contributed by atoms with Crippen molar-refractivity contribution in [3.63, 3.8) is 0 Å². The minimum atomic E-state index is -4.47. The van der Waals surface area contributed by atoms with E-state index in [2.05, 4.69) is 4.98 Å². The maximum atomic E-state index is 12.4. The molecule has 16 heavy (non-hydrogen) atoms. The fourth-order valence-corrected chi connectivity index (χ4v) is 1.44. The van der Waals surface area contributed by atoms with E-state index < -0.39 is 11.9 Å². The molecule has 0 aliphatic rings. The molecule has 5 heteroatoms. The molecule has 0 bridgehead atoms. The number of fused-ring (bicyclic) bond motifs is 1. The fraction of sp³-hybridized carbons (Fsp3) is 0.0909. The molecular formula is C11H6F3NO. The van der Waals surface area contributed by atoms with E-state index in [-0.39, 0.29) is 5.52 Å². The Kier molecular flexibility index (Phi) is 2.38. The zero-order valence-electron chi connectivity index (χ0n) is 7.95. The highest BCUT2D eigenvalue weighted by atomic mass is 19.4. The second-order valence-corrected chi connectivity index (χ2v) is 3.23. The minimum Gasteiger partial charge on any atom is -0.298 e. The summed E-state index contributed by atoms with van der Waals surface area (Å²) in [4.78, 5) is 14.1. The predicted molar refractivity (Wildman–Crippen MR) is 52.1 cm³/mol. The normalized spacial score (nSPS) is 11.7. The van der Waals surface area contributed by atoms with Gasteiger partial charge in [0, 0.05) is 10.9 Å². The molecule has 0 spiro atoms. The number of aldehydes is 1. The Hall–Kier alpha value is -1.91. The number of pyridine rings is 1. The highest BCUT2D eigenvalue weighted by Crippen LogP contribution is 2.29. The topological polar surface area (TPSA) is 30.0 Å². The lowest BCUT2D eigenvalue weighted by Crippen LogP contribution is -2.07. The molecule has 0 fully saturated rings. The van der Waals surface area contributed by atoms with Crippen LogP contribution in [0.5, 0.6) is 0 Å². The van der Waals surface area contributed by atoms with E-state index in [0.717, 1.165) is 6.07 Å². The van der Waals surface area contributed by atoms with Crippen molar-refractivity contribution in [3.8, 4) is 0 Å². The zero-order valence-corrected chi connectivity index (χ0v) is 7.95. The van der Waals surface area contributed by atoms with Crippen LogP contribution in [0.3, 0.4) is 0 Å². The SMILES string of the molecule is O=Cc1cccc2nc(C(F)(F)F)ccc12. The summed E-state index contributed by atoms with van der Waals surface area (Å²) in [6.45, 7) is 0. The number of halogens is 3. The Balaban J connectivity index is 2.69. The van der Waals surface area contributed by atoms with Crippen LogP contribution in [0.1, 0.15) is 16.1 Å². The van der Waals surface area contributed by atoms with Crippen LogP contribution in [0, 0.1) is 0 Å². The van der Waals surface area contributed by atoms with Crippen LogP contribution in [-0.4, -0.2) is 11.3 Å². The van der Waals surface area contributed by atoms with E-state index in [1.807, 2.05) is 0 Å². The smallest absolute Gasteiger partial charge is 0.298 e. The Bertz CT molecular complexity index is 548. The van der Waals surface area contributed by atoms with E-state index in [1.54, 1.807) is 0 Å². The summed E-state index contributed by atoms with van der Waals surface area (Å²) < 4.78 is 37.1. The number of hydrogen-bond acceptors (Lipinski definition) is 2. The summed E-state index contributed by atoms with van der Waals surface area (Å²) in [6.07, 6.45) is -3.87. The van der Waals surface area contributed by atoms with Gasteiger partial charge >= 0.3 is 6.18 Å². The first-order valence-corrected chi connectivity index (χ1v) is 4.44. The Morgan fingerprint density at radius 2 is 1.88 bits per heavy atom. The molecule has 0 radical (unpaired) electrons. The molecule has 0 N–H and O–H groups in total. The van der Waals surface area contributed by atoms with Crippen LogP contribution in [0.2, 0.25) is 0 Å². The summed E-state index contributed by atoms with van der Waals surface area (Å²) >= 11 is 0. The van der Waals surface area contributed by atoms with Crippen molar-refractivity contribution < 1.29 is 18.0 Å². The van der Waals surface area contributed by atoms with Crippen LogP contribution >= 0.6 is 0 Å². The third kappa shape index (κ3) is 1.76. The minimum absolute atomic E-state index is 0.166. The van der Waals surface area contributed by atoms with Gasteiger partial charge < -0.3 is 0 Å². The lowest BCUT2D eigenvalue weighted by Gasteiger charge is -2.07. The van der Waals surface area contributed by atoms with Crippen molar-refractivity contribution in [2.45, 2.75) is 6.18 Å². The Labute approximate surface area is 88.7 Å². The number of rotatable bonds is 1. The molecule has 2 aromatic rings. The van der Waals surface area contributed by atoms with Gasteiger partial charge in [0.05, 0.1) is 5.52 Å². The van der Waals surface area contributed by atoms with E-state index in [0.29, 0.717) is 17.2 Å². The first-order chi connectivity index (χ1) is 7.52. The third-order valence-corrected chi connectivity index (χ3v) is 2.18. The molecule has 0 aliphatic carbocycles. The summed E-state index contributed by atoms with van der Waals surface area (Å²) in [5.41, 5.74) is -0.457. The summed E-state index contributed by atoms with van der Waals surface area (Å²) in [5, 5.41) is 0.422. The van der Waals surface area contributed by atoms with Crippen molar-refractivity contribution in [2.24, 2.45) is 0 Å². The maximum Gasteiger partial charge on any atom is 0.433 e. The molecule has 0 aliphatic heterocycles. The van der Waals surface area contributed by atoms with Gasteiger partial charge in [0.2, 0.25) is 0 Å². The van der Waals surface area contributed by atoms with E-state index in [9.17, 15) is 18.0 Å². The van der Waals surface area contributed by atoms with E-state index >= 15 is 0 Å². The van der Waals surface area contributed by atoms with Gasteiger partial charge in [0.25, 0.3) is 0 Å². The van der Waals surface area contributed by atoms with Gasteiger partial charge in [0.15, 0.2) is 6.29 Å². The Morgan fingerprint density at radius 3 is 2.50 bits per heavy atom. The molecule has 1 heterocycles. The maximum absolute atomic E-state index is 12.4. The molecule has 0 saturated heterocycles. The predicted octanol–water partition coefficient (Wildman–Crippen LogP) is 3.07. The number of benzene rings is 1. The molecule has 0 unspecified atom stereocenters. The summed E-state index contributed by atoms with van der Waals surface area (Å²) in [7, 11) is 0. The molecular weight excluding hydrogens is 219 g/mol. The van der Waals surface area contributed by atoms with Gasteiger partial charge in [0.1, 0.15) is 5.69 Å². The van der Waals surface area contributed by atoms with Crippen molar-refractivity contribution in [1.82, 2.24) is 4.98 Å². The van der Waals surface area contributed by atoms with Gasteiger partial charge in [-0.1, -0.05) is 12.1 Å². The lowest BCUT2D eigenvalue weighted by atomic mass is 10.1. The van der Waals surface area contributed by atoms with Crippen LogP contribution in [0.25, 0.3) is 10.9 Å². The quantitative estimate of drug-likeness (QED) is 0.698. The summed E-state index contributed by atoms with van der Waals surface area (Å²) in [6, 6.07) is 6.60. The van der Waals surface area contributed by atoms with E-state index in [1.165, 1.54) is 24.3 Å². The monoisotopic (exact) mass is 225 g/mol. The van der Waals surface area contributed by atoms with Crippen molar-refractivity contribution in [2.75, 3.05) is 0 Å². The average Bonchev–Trinajstić information content (AvgIpc) is 2.26. The van der Waals surface area contributed by atoms with Crippen molar-refractivity contribution >= 4 is 17.2 Å². The van der Waals surface area contributed by atoms with E-state index in [4.69, 9.17) is 0 Å².